The lowest BCUT2D eigenvalue weighted by Crippen LogP contribution is -2.17. The molecule has 0 aliphatic heterocycles. The lowest BCUT2D eigenvalue weighted by molar-refractivity contribution is 0.102. The van der Waals surface area contributed by atoms with Gasteiger partial charge in [-0.15, -0.1) is 0 Å². The fraction of sp³-hybridized carbons (Fsp3) is 0.174. The number of carbonyl (C=O) groups is 1. The minimum Gasteiger partial charge on any atom is -0.495 e. The van der Waals surface area contributed by atoms with Crippen molar-refractivity contribution in [3.05, 3.63) is 76.3 Å². The van der Waals surface area contributed by atoms with Crippen molar-refractivity contribution < 1.29 is 22.7 Å². The van der Waals surface area contributed by atoms with Crippen molar-refractivity contribution in [1.82, 2.24) is 0 Å². The van der Waals surface area contributed by atoms with Crippen molar-refractivity contribution in [1.29, 1.82) is 0 Å². The molecule has 1 amide bonds. The highest BCUT2D eigenvalue weighted by Gasteiger charge is 2.22. The fourth-order valence-electron chi connectivity index (χ4n) is 2.98. The highest BCUT2D eigenvalue weighted by molar-refractivity contribution is 7.92. The number of hydrogen-bond acceptors (Lipinski definition) is 5. The van der Waals surface area contributed by atoms with Gasteiger partial charge < -0.3 is 14.8 Å². The summed E-state index contributed by atoms with van der Waals surface area (Å²) in [5.74, 6) is -0.0168. The Kier molecular flexibility index (Phi) is 6.96. The van der Waals surface area contributed by atoms with E-state index in [2.05, 4.69) is 10.0 Å². The summed E-state index contributed by atoms with van der Waals surface area (Å²) in [6.07, 6.45) is 0. The second-order valence-electron chi connectivity index (χ2n) is 7.09. The molecule has 0 unspecified atom stereocenters. The van der Waals surface area contributed by atoms with E-state index in [1.165, 1.54) is 32.4 Å². The third-order valence-electron chi connectivity index (χ3n) is 4.75. The molecule has 3 rings (SSSR count). The Balaban J connectivity index is 1.94. The van der Waals surface area contributed by atoms with Gasteiger partial charge in [0.05, 0.1) is 19.9 Å². The predicted octanol–water partition coefficient (Wildman–Crippen LogP) is 5.03. The normalized spacial score (nSPS) is 11.0. The molecule has 3 aromatic carbocycles. The molecule has 0 bridgehead atoms. The first-order valence-electron chi connectivity index (χ1n) is 9.57. The van der Waals surface area contributed by atoms with Gasteiger partial charge in [0, 0.05) is 22.3 Å². The van der Waals surface area contributed by atoms with Gasteiger partial charge in [0.25, 0.3) is 15.9 Å². The zero-order valence-corrected chi connectivity index (χ0v) is 19.6. The first-order chi connectivity index (χ1) is 15.1. The molecule has 0 radical (unpaired) electrons. The molecular weight excluding hydrogens is 452 g/mol. The minimum atomic E-state index is -4.02. The van der Waals surface area contributed by atoms with E-state index < -0.39 is 15.9 Å². The van der Waals surface area contributed by atoms with Gasteiger partial charge in [0.1, 0.15) is 16.4 Å². The van der Waals surface area contributed by atoms with Crippen molar-refractivity contribution in [2.45, 2.75) is 18.7 Å². The second kappa shape index (κ2) is 9.50. The number of sulfonamides is 1. The summed E-state index contributed by atoms with van der Waals surface area (Å²) in [4.78, 5) is 12.7. The maximum Gasteiger partial charge on any atom is 0.265 e. The van der Waals surface area contributed by atoms with Crippen molar-refractivity contribution in [2.75, 3.05) is 24.3 Å². The number of nitrogens with one attached hydrogen (secondary N) is 2. The molecule has 0 heterocycles. The summed E-state index contributed by atoms with van der Waals surface area (Å²) >= 11 is 6.12. The van der Waals surface area contributed by atoms with Crippen molar-refractivity contribution in [3.63, 3.8) is 0 Å². The van der Waals surface area contributed by atoms with Crippen LogP contribution in [0.2, 0.25) is 5.02 Å². The van der Waals surface area contributed by atoms with Crippen LogP contribution in [0, 0.1) is 13.8 Å². The van der Waals surface area contributed by atoms with Crippen LogP contribution in [0.15, 0.2) is 59.5 Å². The quantitative estimate of drug-likeness (QED) is 0.501. The molecule has 0 aliphatic rings. The molecule has 0 spiro atoms. The average molecular weight is 475 g/mol. The third kappa shape index (κ3) is 5.15. The highest BCUT2D eigenvalue weighted by atomic mass is 35.5. The molecule has 0 fully saturated rings. The number of rotatable bonds is 7. The van der Waals surface area contributed by atoms with Crippen LogP contribution in [0.1, 0.15) is 21.5 Å². The fourth-order valence-corrected chi connectivity index (χ4v) is 4.39. The average Bonchev–Trinajstić information content (AvgIpc) is 2.77. The van der Waals surface area contributed by atoms with Crippen LogP contribution < -0.4 is 19.5 Å². The summed E-state index contributed by atoms with van der Waals surface area (Å²) in [7, 11) is -1.19. The maximum absolute atomic E-state index is 13.0. The summed E-state index contributed by atoms with van der Waals surface area (Å²) in [6.45, 7) is 3.70. The number of anilines is 2. The van der Waals surface area contributed by atoms with Crippen LogP contribution in [0.4, 0.5) is 11.4 Å². The summed E-state index contributed by atoms with van der Waals surface area (Å²) < 4.78 is 39.1. The largest absolute Gasteiger partial charge is 0.495 e. The molecule has 2 N–H and O–H groups in total. The van der Waals surface area contributed by atoms with Crippen LogP contribution in [0.3, 0.4) is 0 Å². The number of methoxy groups -OCH3 is 2. The number of hydrogen-bond donors (Lipinski definition) is 2. The lowest BCUT2D eigenvalue weighted by atomic mass is 10.1. The van der Waals surface area contributed by atoms with Crippen LogP contribution in [-0.2, 0) is 10.0 Å². The second-order valence-corrected chi connectivity index (χ2v) is 9.15. The van der Waals surface area contributed by atoms with E-state index in [4.69, 9.17) is 21.1 Å². The number of ether oxygens (including phenoxy) is 2. The standard InChI is InChI=1S/C23H23ClN2O5S/c1-14-5-8-17(9-6-14)26-32(28,29)22-12-16(7-10-20(22)30-3)23(27)25-19-11-15(2)18(24)13-21(19)31-4/h5-13,26H,1-4H3,(H,25,27). The van der Waals surface area contributed by atoms with Gasteiger partial charge in [0.2, 0.25) is 0 Å². The number of halogens is 1. The first-order valence-corrected chi connectivity index (χ1v) is 11.4. The molecule has 0 saturated carbocycles. The van der Waals surface area contributed by atoms with E-state index in [-0.39, 0.29) is 16.2 Å². The summed E-state index contributed by atoms with van der Waals surface area (Å²) in [5.41, 5.74) is 2.69. The van der Waals surface area contributed by atoms with Crippen molar-refractivity contribution in [3.8, 4) is 11.5 Å². The van der Waals surface area contributed by atoms with Gasteiger partial charge in [-0.25, -0.2) is 8.42 Å². The SMILES string of the molecule is COc1cc(Cl)c(C)cc1NC(=O)c1ccc(OC)c(S(=O)(=O)Nc2ccc(C)cc2)c1. The molecule has 0 aliphatic carbocycles. The van der Waals surface area contributed by atoms with Crippen molar-refractivity contribution in [2.24, 2.45) is 0 Å². The number of benzene rings is 3. The lowest BCUT2D eigenvalue weighted by Gasteiger charge is -2.15. The number of carbonyl (C=O) groups excluding carboxylic acids is 1. The minimum absolute atomic E-state index is 0.112. The van der Waals surface area contributed by atoms with Crippen molar-refractivity contribution >= 4 is 38.9 Å². The first kappa shape index (κ1) is 23.4. The van der Waals surface area contributed by atoms with Crippen LogP contribution in [-0.4, -0.2) is 28.5 Å². The van der Waals surface area contributed by atoms with Gasteiger partial charge in [0.15, 0.2) is 0 Å². The Morgan fingerprint density at radius 2 is 1.56 bits per heavy atom. The van der Waals surface area contributed by atoms with Crippen LogP contribution in [0.5, 0.6) is 11.5 Å². The Labute approximate surface area is 192 Å². The predicted molar refractivity (Wildman–Crippen MR) is 126 cm³/mol. The molecule has 0 aromatic heterocycles. The number of aryl methyl sites for hydroxylation is 2. The van der Waals surface area contributed by atoms with Gasteiger partial charge in [-0.3, -0.25) is 9.52 Å². The molecule has 32 heavy (non-hydrogen) atoms. The summed E-state index contributed by atoms with van der Waals surface area (Å²) in [6, 6.07) is 14.4. The van der Waals surface area contributed by atoms with Gasteiger partial charge >= 0.3 is 0 Å². The topological polar surface area (TPSA) is 93.7 Å². The zero-order chi connectivity index (χ0) is 23.5. The number of amides is 1. The van der Waals surface area contributed by atoms with Gasteiger partial charge in [-0.2, -0.15) is 0 Å². The molecule has 168 valence electrons. The van der Waals surface area contributed by atoms with E-state index in [1.54, 1.807) is 43.3 Å². The van der Waals surface area contributed by atoms with Crippen LogP contribution >= 0.6 is 11.6 Å². The molecule has 3 aromatic rings. The molecule has 0 saturated heterocycles. The maximum atomic E-state index is 13.0. The van der Waals surface area contributed by atoms with E-state index in [9.17, 15) is 13.2 Å². The monoisotopic (exact) mass is 474 g/mol. The zero-order valence-electron chi connectivity index (χ0n) is 18.0. The third-order valence-corrected chi connectivity index (χ3v) is 6.56. The molecule has 9 heteroatoms. The molecule has 7 nitrogen and oxygen atoms in total. The van der Waals surface area contributed by atoms with Gasteiger partial charge in [-0.05, 0) is 55.8 Å². The Hall–Kier alpha value is -3.23. The van der Waals surface area contributed by atoms with E-state index in [1.807, 2.05) is 6.92 Å². The summed E-state index contributed by atoms with van der Waals surface area (Å²) in [5, 5.41) is 3.24. The van der Waals surface area contributed by atoms with E-state index in [0.29, 0.717) is 22.1 Å². The smallest absolute Gasteiger partial charge is 0.265 e. The molecular formula is C23H23ClN2O5S. The van der Waals surface area contributed by atoms with E-state index in [0.717, 1.165) is 11.1 Å². The molecule has 0 atom stereocenters. The Bertz CT molecular complexity index is 1260. The Morgan fingerprint density at radius 1 is 0.906 bits per heavy atom. The van der Waals surface area contributed by atoms with Crippen LogP contribution in [0.25, 0.3) is 0 Å². The van der Waals surface area contributed by atoms with E-state index >= 15 is 0 Å². The van der Waals surface area contributed by atoms with Gasteiger partial charge in [-0.1, -0.05) is 29.3 Å². The highest BCUT2D eigenvalue weighted by Crippen LogP contribution is 2.32. The Morgan fingerprint density at radius 3 is 2.19 bits per heavy atom.